The molecule has 2 unspecified atom stereocenters. The molecule has 0 aliphatic carbocycles. The number of hydrogen-bond donors (Lipinski definition) is 5. The second-order valence-electron chi connectivity index (χ2n) is 3.25. The van der Waals surface area contributed by atoms with Crippen molar-refractivity contribution >= 4 is 25.5 Å². The van der Waals surface area contributed by atoms with Gasteiger partial charge in [0.2, 0.25) is 0 Å². The molecule has 0 rings (SSSR count). The Kier molecular flexibility index (Phi) is 8.70. The summed E-state index contributed by atoms with van der Waals surface area (Å²) in [5.41, 5.74) is -2.45. The molecule has 0 aromatic rings. The zero-order chi connectivity index (χ0) is 13.8. The van der Waals surface area contributed by atoms with Gasteiger partial charge in [0.1, 0.15) is 0 Å². The predicted molar refractivity (Wildman–Crippen MR) is 52.6 cm³/mol. The summed E-state index contributed by atoms with van der Waals surface area (Å²) in [6.45, 7) is 0. The summed E-state index contributed by atoms with van der Waals surface area (Å²) in [5.74, 6) is -7.08. The van der Waals surface area contributed by atoms with Gasteiger partial charge in [-0.3, -0.25) is 18.9 Å². The average molecular weight is 294 g/mol. The molecule has 0 amide bonds. The zero-order valence-electron chi connectivity index (χ0n) is 10.4. The molecule has 0 aliphatic rings. The summed E-state index contributed by atoms with van der Waals surface area (Å²) >= 11 is 0. The Hall–Kier alpha value is -0.440. The maximum atomic E-state index is 10.9. The third-order valence-electron chi connectivity index (χ3n) is 1.98. The fourth-order valence-electron chi connectivity index (χ4n) is 1.25. The molecule has 100 valence electrons. The molecule has 5 N–H and O–H groups in total. The second-order valence-corrected chi connectivity index (χ2v) is 4.98. The van der Waals surface area contributed by atoms with E-state index in [4.69, 9.17) is 25.1 Å². The number of carbonyl (C=O) groups is 3. The molecule has 0 aromatic heterocycles. The summed E-state index contributed by atoms with van der Waals surface area (Å²) in [4.78, 5) is 49.1. The van der Waals surface area contributed by atoms with Crippen LogP contribution < -0.4 is 29.6 Å². The first-order valence-electron chi connectivity index (χ1n) is 4.30. The van der Waals surface area contributed by atoms with Gasteiger partial charge in [-0.1, -0.05) is 0 Å². The maximum absolute atomic E-state index is 10.9. The Morgan fingerprint density at radius 1 is 1.06 bits per heavy atom. The van der Waals surface area contributed by atoms with Gasteiger partial charge >= 0.3 is 55.1 Å². The van der Waals surface area contributed by atoms with E-state index in [0.29, 0.717) is 0 Å². The molecule has 2 atom stereocenters. The van der Waals surface area contributed by atoms with E-state index in [-0.39, 0.29) is 31.0 Å². The van der Waals surface area contributed by atoms with Crippen LogP contribution in [0.4, 0.5) is 0 Å². The minimum atomic E-state index is -5.18. The molecule has 18 heavy (non-hydrogen) atoms. The Bertz CT molecular complexity index is 381. The minimum Gasteiger partial charge on any atom is -1.00 e. The Morgan fingerprint density at radius 3 is 1.72 bits per heavy atom. The minimum absolute atomic E-state index is 0. The van der Waals surface area contributed by atoms with Crippen LogP contribution in [-0.2, 0) is 18.9 Å². The van der Waals surface area contributed by atoms with Crippen molar-refractivity contribution in [1.82, 2.24) is 0 Å². The monoisotopic (exact) mass is 294 g/mol. The molecule has 0 saturated heterocycles. The third-order valence-corrected chi connectivity index (χ3v) is 3.29. The first-order valence-corrected chi connectivity index (χ1v) is 5.98. The van der Waals surface area contributed by atoms with E-state index in [2.05, 4.69) is 0 Å². The van der Waals surface area contributed by atoms with Crippen molar-refractivity contribution in [3.63, 3.8) is 0 Å². The summed E-state index contributed by atoms with van der Waals surface area (Å²) < 4.78 is 10.9. The topological polar surface area (TPSA) is 169 Å². The standard InChI is InChI=1S/C7H11O9P.Na.H/c8-4(9)2-1-3(6(10)11)5(7(12)13)17(14,15)16;;/h3,5H,1-2H2,(H,8,9)(H,10,11)(H,12,13)(H2,14,15,16);;/q;+1;-1. The Morgan fingerprint density at radius 2 is 1.50 bits per heavy atom. The van der Waals surface area contributed by atoms with E-state index in [0.717, 1.165) is 0 Å². The molecule has 11 heteroatoms. The zero-order valence-corrected chi connectivity index (χ0v) is 12.3. The van der Waals surface area contributed by atoms with Gasteiger partial charge in [-0.05, 0) is 6.42 Å². The number of carboxylic acid groups (broad SMARTS) is 3. The average Bonchev–Trinajstić information content (AvgIpc) is 2.07. The number of carboxylic acids is 3. The van der Waals surface area contributed by atoms with Gasteiger partial charge in [0.05, 0.1) is 5.92 Å². The fraction of sp³-hybridized carbons (Fsp3) is 0.571. The number of rotatable bonds is 7. The SMILES string of the molecule is O=C(O)CCC(C(=O)O)C(C(=O)O)P(=O)(O)O.[H-].[Na+]. The summed E-state index contributed by atoms with van der Waals surface area (Å²) in [7, 11) is -5.18. The number of aliphatic carboxylic acids is 3. The van der Waals surface area contributed by atoms with Crippen LogP contribution in [0.5, 0.6) is 0 Å². The van der Waals surface area contributed by atoms with E-state index in [1.54, 1.807) is 0 Å². The van der Waals surface area contributed by atoms with Gasteiger partial charge in [-0.25, -0.2) is 0 Å². The molecular formula is C7H12NaO9P. The van der Waals surface area contributed by atoms with E-state index >= 15 is 0 Å². The van der Waals surface area contributed by atoms with Crippen LogP contribution in [-0.4, -0.2) is 48.7 Å². The third kappa shape index (κ3) is 6.48. The summed E-state index contributed by atoms with van der Waals surface area (Å²) in [5, 5.41) is 25.6. The first-order chi connectivity index (χ1) is 7.57. The van der Waals surface area contributed by atoms with Gasteiger partial charge in [-0.15, -0.1) is 0 Å². The van der Waals surface area contributed by atoms with Crippen LogP contribution in [0.1, 0.15) is 14.3 Å². The van der Waals surface area contributed by atoms with Crippen molar-refractivity contribution in [2.75, 3.05) is 0 Å². The van der Waals surface area contributed by atoms with E-state index < -0.39 is 49.9 Å². The van der Waals surface area contributed by atoms with Crippen molar-refractivity contribution in [3.8, 4) is 0 Å². The van der Waals surface area contributed by atoms with Crippen molar-refractivity contribution < 1.29 is 75.0 Å². The van der Waals surface area contributed by atoms with Crippen LogP contribution in [0.25, 0.3) is 0 Å². The molecule has 0 fully saturated rings. The quantitative estimate of drug-likeness (QED) is 0.234. The second kappa shape index (κ2) is 7.88. The Labute approximate surface area is 125 Å². The molecule has 0 spiro atoms. The largest absolute Gasteiger partial charge is 1.00 e. The first kappa shape index (κ1) is 19.9. The smallest absolute Gasteiger partial charge is 1.00 e. The Balaban J connectivity index is -0.00000128. The molecule has 0 aromatic carbocycles. The van der Waals surface area contributed by atoms with Gasteiger partial charge < -0.3 is 26.5 Å². The maximum Gasteiger partial charge on any atom is 1.00 e. The van der Waals surface area contributed by atoms with E-state index in [9.17, 15) is 18.9 Å². The van der Waals surface area contributed by atoms with Crippen molar-refractivity contribution in [2.45, 2.75) is 18.5 Å². The van der Waals surface area contributed by atoms with Crippen molar-refractivity contribution in [2.24, 2.45) is 5.92 Å². The summed E-state index contributed by atoms with van der Waals surface area (Å²) in [6.07, 6.45) is -1.37. The normalized spacial score (nSPS) is 14.1. The van der Waals surface area contributed by atoms with Gasteiger partial charge in [0.25, 0.3) is 0 Å². The van der Waals surface area contributed by atoms with Crippen LogP contribution in [0, 0.1) is 5.92 Å². The van der Waals surface area contributed by atoms with Crippen LogP contribution in [0.3, 0.4) is 0 Å². The molecule has 0 bridgehead atoms. The molecule has 0 saturated carbocycles. The summed E-state index contributed by atoms with van der Waals surface area (Å²) in [6, 6.07) is 0. The fourth-order valence-corrected chi connectivity index (χ4v) is 2.28. The number of hydrogen-bond acceptors (Lipinski definition) is 4. The van der Waals surface area contributed by atoms with E-state index in [1.807, 2.05) is 0 Å². The van der Waals surface area contributed by atoms with Gasteiger partial charge in [0.15, 0.2) is 5.66 Å². The van der Waals surface area contributed by atoms with Crippen LogP contribution in [0.15, 0.2) is 0 Å². The van der Waals surface area contributed by atoms with E-state index in [1.165, 1.54) is 0 Å². The van der Waals surface area contributed by atoms with Crippen molar-refractivity contribution in [3.05, 3.63) is 0 Å². The molecule has 0 heterocycles. The molecule has 0 aliphatic heterocycles. The van der Waals surface area contributed by atoms with Crippen LogP contribution in [0.2, 0.25) is 0 Å². The van der Waals surface area contributed by atoms with Crippen molar-refractivity contribution in [1.29, 1.82) is 0 Å². The van der Waals surface area contributed by atoms with Gasteiger partial charge in [-0.2, -0.15) is 0 Å². The van der Waals surface area contributed by atoms with Crippen LogP contribution >= 0.6 is 7.60 Å². The predicted octanol–water partition coefficient (Wildman–Crippen LogP) is -3.70. The molecular weight excluding hydrogens is 282 g/mol. The van der Waals surface area contributed by atoms with Gasteiger partial charge in [0, 0.05) is 6.42 Å². The molecule has 9 nitrogen and oxygen atoms in total. The molecule has 0 radical (unpaired) electrons.